The minimum absolute atomic E-state index is 0.270. The number of benzene rings is 2. The van der Waals surface area contributed by atoms with E-state index in [0.29, 0.717) is 17.9 Å². The molecule has 0 aromatic heterocycles. The number of amides is 2. The van der Waals surface area contributed by atoms with Crippen molar-refractivity contribution in [3.05, 3.63) is 64.7 Å². The second-order valence-electron chi connectivity index (χ2n) is 6.73. The van der Waals surface area contributed by atoms with Crippen molar-refractivity contribution in [2.75, 3.05) is 17.3 Å². The van der Waals surface area contributed by atoms with Gasteiger partial charge in [0.2, 0.25) is 0 Å². The second kappa shape index (κ2) is 11.6. The van der Waals surface area contributed by atoms with E-state index >= 15 is 0 Å². The Morgan fingerprint density at radius 3 is 2.53 bits per heavy atom. The summed E-state index contributed by atoms with van der Waals surface area (Å²) in [5, 5.41) is 5.68. The molecule has 2 aromatic carbocycles. The molecule has 2 rings (SSSR count). The van der Waals surface area contributed by atoms with Gasteiger partial charge in [-0.25, -0.2) is 4.79 Å². The van der Waals surface area contributed by atoms with E-state index in [4.69, 9.17) is 16.3 Å². The Bertz CT molecular complexity index is 906. The molecule has 0 aliphatic carbocycles. The van der Waals surface area contributed by atoms with Crippen LogP contribution in [0.5, 0.6) is 0 Å². The highest BCUT2D eigenvalue weighted by Gasteiger charge is 2.27. The van der Waals surface area contributed by atoms with E-state index in [1.54, 1.807) is 30.3 Å². The van der Waals surface area contributed by atoms with Crippen molar-refractivity contribution >= 4 is 46.8 Å². The molecule has 6 nitrogen and oxygen atoms in total. The standard InChI is InChI=1S/C22H25ClN2O4S/c1-14-7-6-8-16(13-14)24-20(26)15(2)29-22(28)19(11-12-30-3)25-21(27)17-9-4-5-10-18(17)23/h4-10,13,15,19H,11-12H2,1-3H3,(H,24,26)(H,25,27). The molecular formula is C22H25ClN2O4S. The van der Waals surface area contributed by atoms with Crippen LogP contribution in [-0.2, 0) is 14.3 Å². The van der Waals surface area contributed by atoms with Crippen LogP contribution in [0.2, 0.25) is 5.02 Å². The Morgan fingerprint density at radius 1 is 1.13 bits per heavy atom. The van der Waals surface area contributed by atoms with Gasteiger partial charge in [0.15, 0.2) is 6.10 Å². The van der Waals surface area contributed by atoms with Crippen LogP contribution in [0.1, 0.15) is 29.3 Å². The van der Waals surface area contributed by atoms with E-state index in [0.717, 1.165) is 5.56 Å². The fraction of sp³-hybridized carbons (Fsp3) is 0.318. The van der Waals surface area contributed by atoms with Crippen molar-refractivity contribution in [3.63, 3.8) is 0 Å². The van der Waals surface area contributed by atoms with Gasteiger partial charge in [-0.3, -0.25) is 9.59 Å². The van der Waals surface area contributed by atoms with E-state index in [1.807, 2.05) is 31.4 Å². The summed E-state index contributed by atoms with van der Waals surface area (Å²) in [6.07, 6.45) is 1.24. The normalized spacial score (nSPS) is 12.5. The molecule has 0 saturated heterocycles. The first-order chi connectivity index (χ1) is 14.3. The van der Waals surface area contributed by atoms with Gasteiger partial charge in [-0.1, -0.05) is 35.9 Å². The maximum atomic E-state index is 12.7. The third-order valence-electron chi connectivity index (χ3n) is 4.27. The van der Waals surface area contributed by atoms with Crippen LogP contribution < -0.4 is 10.6 Å². The summed E-state index contributed by atoms with van der Waals surface area (Å²) in [4.78, 5) is 37.6. The molecule has 0 bridgehead atoms. The molecule has 0 fully saturated rings. The van der Waals surface area contributed by atoms with Crippen LogP contribution in [0.4, 0.5) is 5.69 Å². The smallest absolute Gasteiger partial charge is 0.329 e. The molecule has 2 N–H and O–H groups in total. The fourth-order valence-electron chi connectivity index (χ4n) is 2.64. The largest absolute Gasteiger partial charge is 0.451 e. The first kappa shape index (κ1) is 23.8. The lowest BCUT2D eigenvalue weighted by molar-refractivity contribution is -0.155. The average Bonchev–Trinajstić information content (AvgIpc) is 2.71. The lowest BCUT2D eigenvalue weighted by Gasteiger charge is -2.20. The Kier molecular flexibility index (Phi) is 9.20. The highest BCUT2D eigenvalue weighted by molar-refractivity contribution is 7.98. The number of nitrogens with one attached hydrogen (secondary N) is 2. The Balaban J connectivity index is 2.02. The van der Waals surface area contributed by atoms with E-state index in [9.17, 15) is 14.4 Å². The van der Waals surface area contributed by atoms with Crippen molar-refractivity contribution in [1.82, 2.24) is 5.32 Å². The third-order valence-corrected chi connectivity index (χ3v) is 5.24. The van der Waals surface area contributed by atoms with Crippen LogP contribution in [0.15, 0.2) is 48.5 Å². The van der Waals surface area contributed by atoms with Gasteiger partial charge < -0.3 is 15.4 Å². The highest BCUT2D eigenvalue weighted by atomic mass is 35.5. The number of hydrogen-bond donors (Lipinski definition) is 2. The van der Waals surface area contributed by atoms with Gasteiger partial charge in [0.25, 0.3) is 11.8 Å². The maximum absolute atomic E-state index is 12.7. The molecule has 0 radical (unpaired) electrons. The van der Waals surface area contributed by atoms with Gasteiger partial charge in [-0.05, 0) is 62.1 Å². The van der Waals surface area contributed by atoms with E-state index < -0.39 is 29.9 Å². The molecule has 30 heavy (non-hydrogen) atoms. The average molecular weight is 449 g/mol. The number of carbonyl (C=O) groups is 3. The van der Waals surface area contributed by atoms with Crippen molar-refractivity contribution in [2.45, 2.75) is 32.4 Å². The summed E-state index contributed by atoms with van der Waals surface area (Å²) >= 11 is 7.60. The molecule has 2 unspecified atom stereocenters. The van der Waals surface area contributed by atoms with Gasteiger partial charge in [0, 0.05) is 5.69 Å². The van der Waals surface area contributed by atoms with Crippen LogP contribution in [0.3, 0.4) is 0 Å². The molecule has 160 valence electrons. The number of rotatable bonds is 9. The van der Waals surface area contributed by atoms with Gasteiger partial charge in [-0.15, -0.1) is 0 Å². The number of aryl methyl sites for hydroxylation is 1. The van der Waals surface area contributed by atoms with Gasteiger partial charge >= 0.3 is 5.97 Å². The van der Waals surface area contributed by atoms with Crippen molar-refractivity contribution in [2.24, 2.45) is 0 Å². The summed E-state index contributed by atoms with van der Waals surface area (Å²) in [7, 11) is 0. The summed E-state index contributed by atoms with van der Waals surface area (Å²) in [5.74, 6) is -0.959. The Morgan fingerprint density at radius 2 is 1.87 bits per heavy atom. The first-order valence-corrected chi connectivity index (χ1v) is 11.2. The first-order valence-electron chi connectivity index (χ1n) is 9.44. The van der Waals surface area contributed by atoms with Crippen LogP contribution in [0, 0.1) is 6.92 Å². The van der Waals surface area contributed by atoms with Crippen molar-refractivity contribution in [1.29, 1.82) is 0 Å². The number of hydrogen-bond acceptors (Lipinski definition) is 5. The lowest BCUT2D eigenvalue weighted by Crippen LogP contribution is -2.44. The SMILES string of the molecule is CSCCC(NC(=O)c1ccccc1Cl)C(=O)OC(C)C(=O)Nc1cccc(C)c1. The zero-order chi connectivity index (χ0) is 22.1. The molecule has 0 saturated carbocycles. The Labute approximate surface area is 185 Å². The number of halogens is 1. The topological polar surface area (TPSA) is 84.5 Å². The highest BCUT2D eigenvalue weighted by Crippen LogP contribution is 2.16. The number of esters is 1. The minimum Gasteiger partial charge on any atom is -0.451 e. The van der Waals surface area contributed by atoms with Crippen LogP contribution in [-0.4, -0.2) is 41.9 Å². The van der Waals surface area contributed by atoms with E-state index in [-0.39, 0.29) is 10.6 Å². The van der Waals surface area contributed by atoms with Crippen LogP contribution >= 0.6 is 23.4 Å². The summed E-state index contributed by atoms with van der Waals surface area (Å²) in [5.41, 5.74) is 1.89. The third kappa shape index (κ3) is 7.07. The summed E-state index contributed by atoms with van der Waals surface area (Å²) in [6, 6.07) is 13.0. The zero-order valence-corrected chi connectivity index (χ0v) is 18.7. The molecule has 2 atom stereocenters. The molecule has 0 aliphatic heterocycles. The lowest BCUT2D eigenvalue weighted by atomic mass is 10.1. The van der Waals surface area contributed by atoms with Gasteiger partial charge in [0.05, 0.1) is 10.6 Å². The predicted octanol–water partition coefficient (Wildman–Crippen LogP) is 4.07. The summed E-state index contributed by atoms with van der Waals surface area (Å²) in [6.45, 7) is 3.40. The van der Waals surface area contributed by atoms with E-state index in [1.165, 1.54) is 18.7 Å². The van der Waals surface area contributed by atoms with Gasteiger partial charge in [-0.2, -0.15) is 11.8 Å². The fourth-order valence-corrected chi connectivity index (χ4v) is 3.34. The number of anilines is 1. The number of thioether (sulfide) groups is 1. The number of ether oxygens (including phenoxy) is 1. The summed E-state index contributed by atoms with van der Waals surface area (Å²) < 4.78 is 5.33. The monoisotopic (exact) mass is 448 g/mol. The maximum Gasteiger partial charge on any atom is 0.329 e. The van der Waals surface area contributed by atoms with Crippen molar-refractivity contribution < 1.29 is 19.1 Å². The molecular weight excluding hydrogens is 424 g/mol. The zero-order valence-electron chi connectivity index (χ0n) is 17.1. The minimum atomic E-state index is -1.02. The molecule has 2 aromatic rings. The second-order valence-corrected chi connectivity index (χ2v) is 8.12. The van der Waals surface area contributed by atoms with E-state index in [2.05, 4.69) is 10.6 Å². The Hall–Kier alpha value is -2.51. The number of carbonyl (C=O) groups excluding carboxylic acids is 3. The van der Waals surface area contributed by atoms with Crippen LogP contribution in [0.25, 0.3) is 0 Å². The van der Waals surface area contributed by atoms with Gasteiger partial charge in [0.1, 0.15) is 6.04 Å². The quantitative estimate of drug-likeness (QED) is 0.565. The van der Waals surface area contributed by atoms with Crippen molar-refractivity contribution in [3.8, 4) is 0 Å². The predicted molar refractivity (Wildman–Crippen MR) is 121 cm³/mol. The molecule has 0 spiro atoms. The molecule has 0 aliphatic rings. The molecule has 8 heteroatoms. The molecule has 2 amide bonds. The molecule has 0 heterocycles.